The van der Waals surface area contributed by atoms with Crippen LogP contribution in [0.25, 0.3) is 21.9 Å². The van der Waals surface area contributed by atoms with Crippen LogP contribution in [0.2, 0.25) is 5.02 Å². The Morgan fingerprint density at radius 3 is 2.41 bits per heavy atom. The van der Waals surface area contributed by atoms with Crippen LogP contribution >= 0.6 is 11.6 Å². The Hall–Kier alpha value is -4.98. The second-order valence-electron chi connectivity index (χ2n) is 9.53. The number of fused-ring (bicyclic) bond motifs is 3. The molecule has 1 aliphatic carbocycles. The molecular formula is C36H26ClN3O. The summed E-state index contributed by atoms with van der Waals surface area (Å²) in [6.45, 7) is 0. The molecule has 1 aliphatic rings. The van der Waals surface area contributed by atoms with E-state index in [1.807, 2.05) is 115 Å². The quantitative estimate of drug-likeness (QED) is 0.125. The molecule has 0 N–H and O–H groups in total. The van der Waals surface area contributed by atoms with E-state index in [1.54, 1.807) is 7.05 Å². The molecule has 0 bridgehead atoms. The molecule has 2 atom stereocenters. The number of aliphatic imine (C=N–C) groups is 3. The highest BCUT2D eigenvalue weighted by Gasteiger charge is 2.18. The van der Waals surface area contributed by atoms with Crippen LogP contribution in [0.3, 0.4) is 0 Å². The second kappa shape index (κ2) is 12.0. The predicted octanol–water partition coefficient (Wildman–Crippen LogP) is 8.66. The largest absolute Gasteiger partial charge is 0.456 e. The zero-order valence-corrected chi connectivity index (χ0v) is 23.2. The maximum atomic E-state index is 6.23. The van der Waals surface area contributed by atoms with E-state index in [0.717, 1.165) is 38.6 Å². The summed E-state index contributed by atoms with van der Waals surface area (Å²) >= 11 is 6.23. The number of benzene rings is 4. The third kappa shape index (κ3) is 5.82. The summed E-state index contributed by atoms with van der Waals surface area (Å²) in [6.07, 6.45) is 9.99. The number of rotatable bonds is 4. The van der Waals surface area contributed by atoms with Gasteiger partial charge in [0.15, 0.2) is 5.84 Å². The van der Waals surface area contributed by atoms with Crippen LogP contribution in [0.5, 0.6) is 0 Å². The Morgan fingerprint density at radius 2 is 1.61 bits per heavy atom. The average molecular weight is 552 g/mol. The molecule has 0 fully saturated rings. The summed E-state index contributed by atoms with van der Waals surface area (Å²) in [5.74, 6) is 7.64. The first-order valence-corrected chi connectivity index (χ1v) is 13.7. The molecule has 1 heterocycles. The van der Waals surface area contributed by atoms with Crippen molar-refractivity contribution in [2.75, 3.05) is 7.05 Å². The molecule has 0 saturated carbocycles. The SMILES string of the molecule is C\N=C(/N=C(\N=C\c1ccccc1)c1ccccc1)C1C#CC(c2cccc3oc4cc(Cl)ccc4c23)/C=C\C=C/1. The summed E-state index contributed by atoms with van der Waals surface area (Å²) < 4.78 is 6.12. The van der Waals surface area contributed by atoms with E-state index in [4.69, 9.17) is 26.0 Å². The number of amidine groups is 2. The van der Waals surface area contributed by atoms with Gasteiger partial charge in [0.25, 0.3) is 0 Å². The first kappa shape index (κ1) is 26.3. The van der Waals surface area contributed by atoms with Gasteiger partial charge >= 0.3 is 0 Å². The van der Waals surface area contributed by atoms with E-state index in [0.29, 0.717) is 16.7 Å². The van der Waals surface area contributed by atoms with Crippen LogP contribution in [0.1, 0.15) is 22.6 Å². The van der Waals surface area contributed by atoms with E-state index in [2.05, 4.69) is 29.0 Å². The first-order chi connectivity index (χ1) is 20.2. The maximum Gasteiger partial charge on any atom is 0.161 e. The molecule has 1 aromatic heterocycles. The third-order valence-electron chi connectivity index (χ3n) is 6.83. The maximum absolute atomic E-state index is 6.23. The molecule has 5 aromatic rings. The number of furan rings is 1. The summed E-state index contributed by atoms with van der Waals surface area (Å²) in [5.41, 5.74) is 4.55. The molecule has 0 aliphatic heterocycles. The molecule has 0 radical (unpaired) electrons. The minimum Gasteiger partial charge on any atom is -0.456 e. The second-order valence-corrected chi connectivity index (χ2v) is 9.97. The Kier molecular flexibility index (Phi) is 7.71. The van der Waals surface area contributed by atoms with Crippen molar-refractivity contribution in [3.05, 3.63) is 143 Å². The molecule has 0 saturated heterocycles. The van der Waals surface area contributed by atoms with Gasteiger partial charge in [0, 0.05) is 40.7 Å². The van der Waals surface area contributed by atoms with Gasteiger partial charge in [-0.1, -0.05) is 121 Å². The van der Waals surface area contributed by atoms with Crippen molar-refractivity contribution in [2.24, 2.45) is 20.9 Å². The van der Waals surface area contributed by atoms with Crippen LogP contribution < -0.4 is 0 Å². The normalized spacial score (nSPS) is 19.1. The van der Waals surface area contributed by atoms with E-state index < -0.39 is 0 Å². The molecule has 2 unspecified atom stereocenters. The number of allylic oxidation sites excluding steroid dienone is 3. The topological polar surface area (TPSA) is 50.2 Å². The van der Waals surface area contributed by atoms with Gasteiger partial charge in [-0.2, -0.15) is 0 Å². The molecule has 41 heavy (non-hydrogen) atoms. The minimum atomic E-state index is -0.308. The van der Waals surface area contributed by atoms with Gasteiger partial charge in [-0.25, -0.2) is 9.98 Å². The Labute approximate surface area is 244 Å². The third-order valence-corrected chi connectivity index (χ3v) is 7.07. The number of nitrogens with zero attached hydrogens (tertiary/aromatic N) is 3. The molecule has 0 amide bonds. The van der Waals surface area contributed by atoms with Crippen LogP contribution in [0.15, 0.2) is 141 Å². The zero-order valence-electron chi connectivity index (χ0n) is 22.4. The molecule has 5 heteroatoms. The van der Waals surface area contributed by atoms with Crippen molar-refractivity contribution in [1.82, 2.24) is 0 Å². The van der Waals surface area contributed by atoms with Crippen molar-refractivity contribution in [2.45, 2.75) is 5.92 Å². The highest BCUT2D eigenvalue weighted by Crippen LogP contribution is 2.36. The molecule has 6 rings (SSSR count). The number of hydrogen-bond acceptors (Lipinski definition) is 2. The van der Waals surface area contributed by atoms with E-state index in [-0.39, 0.29) is 11.8 Å². The van der Waals surface area contributed by atoms with Crippen molar-refractivity contribution in [3.8, 4) is 11.8 Å². The average Bonchev–Trinajstić information content (AvgIpc) is 3.37. The summed E-state index contributed by atoms with van der Waals surface area (Å²) in [4.78, 5) is 14.2. The molecule has 4 nitrogen and oxygen atoms in total. The fraction of sp³-hybridized carbons (Fsp3) is 0.0833. The molecular weight excluding hydrogens is 526 g/mol. The van der Waals surface area contributed by atoms with Crippen molar-refractivity contribution < 1.29 is 4.42 Å². The van der Waals surface area contributed by atoms with Crippen LogP contribution in [-0.2, 0) is 0 Å². The summed E-state index contributed by atoms with van der Waals surface area (Å²) in [6, 6.07) is 31.7. The van der Waals surface area contributed by atoms with E-state index in [1.165, 1.54) is 0 Å². The predicted molar refractivity (Wildman–Crippen MR) is 171 cm³/mol. The number of hydrogen-bond donors (Lipinski definition) is 0. The Bertz CT molecular complexity index is 1920. The highest BCUT2D eigenvalue weighted by atomic mass is 35.5. The highest BCUT2D eigenvalue weighted by molar-refractivity contribution is 6.31. The lowest BCUT2D eigenvalue weighted by Gasteiger charge is -2.12. The lowest BCUT2D eigenvalue weighted by molar-refractivity contribution is 0.668. The van der Waals surface area contributed by atoms with Crippen molar-refractivity contribution in [1.29, 1.82) is 0 Å². The Balaban J connectivity index is 1.38. The van der Waals surface area contributed by atoms with Gasteiger partial charge < -0.3 is 4.42 Å². The van der Waals surface area contributed by atoms with Gasteiger partial charge in [0.1, 0.15) is 17.0 Å². The van der Waals surface area contributed by atoms with E-state index >= 15 is 0 Å². The van der Waals surface area contributed by atoms with Crippen molar-refractivity contribution in [3.63, 3.8) is 0 Å². The fourth-order valence-corrected chi connectivity index (χ4v) is 5.00. The molecule has 4 aromatic carbocycles. The van der Waals surface area contributed by atoms with Gasteiger partial charge in [-0.15, -0.1) is 0 Å². The lowest BCUT2D eigenvalue weighted by Crippen LogP contribution is -2.13. The van der Waals surface area contributed by atoms with Gasteiger partial charge in [0.05, 0.1) is 11.8 Å². The molecule has 0 spiro atoms. The van der Waals surface area contributed by atoms with Crippen LogP contribution in [-0.4, -0.2) is 24.9 Å². The van der Waals surface area contributed by atoms with Crippen molar-refractivity contribution >= 4 is 51.4 Å². The zero-order chi connectivity index (χ0) is 28.0. The van der Waals surface area contributed by atoms with E-state index in [9.17, 15) is 0 Å². The van der Waals surface area contributed by atoms with Gasteiger partial charge in [0.2, 0.25) is 0 Å². The summed E-state index contributed by atoms with van der Waals surface area (Å²) in [7, 11) is 1.74. The standard InChI is InChI=1S/C36H26ClN3O/c1-38-35(40-36(27-14-6-3-7-15-27)39-24-25-11-4-2-5-12-25)28-16-9-8-13-26(19-20-28)30-17-10-18-32-34(30)31-22-21-29(37)23-33(31)41-32/h2-18,21-24,26,28H,1H3/b13-8-,16-9-,38-35-,39-24+,40-36-. The minimum absolute atomic E-state index is 0.144. The fourth-order valence-electron chi connectivity index (χ4n) is 4.84. The monoisotopic (exact) mass is 551 g/mol. The summed E-state index contributed by atoms with van der Waals surface area (Å²) in [5, 5.41) is 2.72. The van der Waals surface area contributed by atoms with Crippen LogP contribution in [0.4, 0.5) is 0 Å². The number of halogens is 1. The molecule has 198 valence electrons. The van der Waals surface area contributed by atoms with Gasteiger partial charge in [-0.3, -0.25) is 4.99 Å². The smallest absolute Gasteiger partial charge is 0.161 e. The lowest BCUT2D eigenvalue weighted by atomic mass is 9.92. The van der Waals surface area contributed by atoms with Crippen LogP contribution in [0, 0.1) is 17.8 Å². The van der Waals surface area contributed by atoms with Gasteiger partial charge in [-0.05, 0) is 29.3 Å². The Morgan fingerprint density at radius 1 is 0.829 bits per heavy atom. The first-order valence-electron chi connectivity index (χ1n) is 13.4.